The van der Waals surface area contributed by atoms with Gasteiger partial charge in [-0.1, -0.05) is 70.8 Å². The molecule has 5 aliphatic rings. The fourth-order valence-corrected chi connectivity index (χ4v) is 20.4. The van der Waals surface area contributed by atoms with Crippen molar-refractivity contribution in [2.75, 3.05) is 206 Å². The van der Waals surface area contributed by atoms with Crippen molar-refractivity contribution >= 4 is 146 Å². The zero-order valence-electron chi connectivity index (χ0n) is 78.2. The molecular weight excluding hydrogens is 1950 g/mol. The Kier molecular flexibility index (Phi) is 53.4. The Morgan fingerprint density at radius 3 is 1.25 bits per heavy atom. The average molecular weight is 2080 g/mol. The largest absolute Gasteiger partial charge is 0.478 e. The molecule has 19 unspecified atom stereocenters. The van der Waals surface area contributed by atoms with Crippen LogP contribution in [0.3, 0.4) is 0 Å². The van der Waals surface area contributed by atoms with Crippen LogP contribution in [0.4, 0.5) is 5.69 Å². The molecule has 0 bridgehead atoms. The van der Waals surface area contributed by atoms with Crippen LogP contribution in [0.1, 0.15) is 60.7 Å². The van der Waals surface area contributed by atoms with Crippen LogP contribution >= 0.6 is 64.8 Å². The number of carbonyl (C=O) groups is 11. The number of carboxylic acids is 1. The molecule has 53 heteroatoms. The quantitative estimate of drug-likeness (QED) is 0.00849. The lowest BCUT2D eigenvalue weighted by atomic mass is 9.89. The van der Waals surface area contributed by atoms with Gasteiger partial charge in [-0.05, 0) is 55.2 Å². The third-order valence-corrected chi connectivity index (χ3v) is 28.6. The number of aromatic carboxylic acids is 1. The Bertz CT molecular complexity index is 4500. The molecule has 23 N–H and O–H groups in total. The van der Waals surface area contributed by atoms with Crippen molar-refractivity contribution in [3.8, 4) is 22.5 Å². The van der Waals surface area contributed by atoms with Gasteiger partial charge < -0.3 is 172 Å². The van der Waals surface area contributed by atoms with Crippen molar-refractivity contribution in [3.05, 3.63) is 71.1 Å². The number of primary amides is 3. The highest BCUT2D eigenvalue weighted by molar-refractivity contribution is 8.77. The molecule has 0 radical (unpaired) electrons. The Labute approximate surface area is 826 Å². The molecule has 47 nitrogen and oxygen atoms in total. The molecule has 3 fully saturated rings. The lowest BCUT2D eigenvalue weighted by Crippen LogP contribution is -2.64. The van der Waals surface area contributed by atoms with Gasteiger partial charge in [-0.25, -0.2) is 9.37 Å². The predicted molar refractivity (Wildman–Crippen MR) is 515 cm³/mol. The number of nitrogens with zero attached hydrogens (tertiary/aromatic N) is 3. The third-order valence-electron chi connectivity index (χ3n) is 21.4. The zero-order valence-corrected chi connectivity index (χ0v) is 83.1. The molecule has 0 saturated carbocycles. The fourth-order valence-electron chi connectivity index (χ4n) is 14.3. The fraction of sp³-hybridized carbons (Fsp3) is 0.651. The zero-order chi connectivity index (χ0) is 102. The van der Waals surface area contributed by atoms with Crippen molar-refractivity contribution in [2.45, 2.75) is 156 Å². The van der Waals surface area contributed by atoms with Crippen molar-refractivity contribution in [3.63, 3.8) is 0 Å². The van der Waals surface area contributed by atoms with Crippen LogP contribution in [0.15, 0.2) is 59.0 Å². The monoisotopic (exact) mass is 2080 g/mol. The summed E-state index contributed by atoms with van der Waals surface area (Å²) < 4.78 is 76.0. The molecule has 2 aromatic rings. The van der Waals surface area contributed by atoms with E-state index in [1.165, 1.54) is 65.3 Å². The maximum atomic E-state index is 15.2. The highest BCUT2D eigenvalue weighted by Crippen LogP contribution is 2.43. The van der Waals surface area contributed by atoms with Crippen LogP contribution < -0.4 is 69.3 Å². The van der Waals surface area contributed by atoms with E-state index in [-0.39, 0.29) is 153 Å². The van der Waals surface area contributed by atoms with Gasteiger partial charge in [0.1, 0.15) is 117 Å². The van der Waals surface area contributed by atoms with E-state index in [4.69, 9.17) is 78.5 Å². The minimum absolute atomic E-state index is 0.0161. The summed E-state index contributed by atoms with van der Waals surface area (Å²) in [5, 5.41) is 122. The minimum atomic E-state index is -1.53. The number of carboxylic acid groups (broad SMARTS) is 1. The molecule has 3 saturated heterocycles. The summed E-state index contributed by atoms with van der Waals surface area (Å²) in [6.07, 6.45) is -16.3. The number of hydrogen-bond acceptors (Lipinski definition) is 41. The molecule has 4 heterocycles. The van der Waals surface area contributed by atoms with Gasteiger partial charge in [0.25, 0.3) is 5.91 Å². The number of ether oxygens (including phenoxy) is 12. The maximum absolute atomic E-state index is 15.2. The van der Waals surface area contributed by atoms with Crippen molar-refractivity contribution in [1.29, 1.82) is 0 Å². The van der Waals surface area contributed by atoms with Crippen LogP contribution in [0.25, 0.3) is 33.4 Å². The number of anilines is 1. The number of carbonyl (C=O) groups excluding carboxylic acids is 10. The van der Waals surface area contributed by atoms with Crippen LogP contribution in [-0.4, -0.2) is 438 Å². The SMILES string of the molecule is CC(=O)NC1C(OCCOCCOCCSSCC(NC(=O)CN(CC(=O)NC(CSSCCOCCOCCOC2OC(CO)C(O)C(O)C2NC(C)=O)C(N)=O)C(CCCCNC(=O)c2ccc(-c3c4ccc(=[N+](C)C)cc-4oc4cc(N(C)C)ccc34)c(C(=O)O)c2)C(=O)NC(CSSCCOCCOCCOC2OC(CO)C(O)C(O)C2NC(C)=O)C(N)=O)C(N)=O)OC(CO)C(O)C1O. The highest BCUT2D eigenvalue weighted by atomic mass is 33.1. The van der Waals surface area contributed by atoms with E-state index < -0.39 is 214 Å². The number of unbranched alkanes of at least 4 members (excludes halogenated alkanes) is 1. The van der Waals surface area contributed by atoms with Crippen molar-refractivity contribution < 1.29 is 165 Å². The molecular formula is C86H132N13O34S6+. The summed E-state index contributed by atoms with van der Waals surface area (Å²) in [5.74, 6) is -8.04. The number of benzene rings is 3. The normalized spacial score (nSPS) is 22.3. The summed E-state index contributed by atoms with van der Waals surface area (Å²) >= 11 is 0. The number of nitrogens with two attached hydrogens (primary N) is 3. The van der Waals surface area contributed by atoms with E-state index in [2.05, 4.69) is 37.2 Å². The third kappa shape index (κ3) is 39.1. The summed E-state index contributed by atoms with van der Waals surface area (Å²) in [5.41, 5.74) is 20.3. The number of amides is 10. The summed E-state index contributed by atoms with van der Waals surface area (Å²) in [6.45, 7) is 1.14. The second-order valence-corrected chi connectivity index (χ2v) is 40.2. The van der Waals surface area contributed by atoms with Gasteiger partial charge in [0, 0.05) is 116 Å². The molecule has 139 heavy (non-hydrogen) atoms. The van der Waals surface area contributed by atoms with Crippen LogP contribution in [0.2, 0.25) is 0 Å². The predicted octanol–water partition coefficient (Wildman–Crippen LogP) is -5.39. The number of aliphatic hydroxyl groups is 9. The van der Waals surface area contributed by atoms with Gasteiger partial charge in [-0.15, -0.1) is 0 Å². The molecule has 0 aromatic heterocycles. The Balaban J connectivity index is 1.03. The van der Waals surface area contributed by atoms with E-state index in [1.54, 1.807) is 6.07 Å². The maximum Gasteiger partial charge on any atom is 0.336 e. The highest BCUT2D eigenvalue weighted by Gasteiger charge is 2.49. The number of nitrogens with one attached hydrogen (secondary N) is 7. The van der Waals surface area contributed by atoms with Gasteiger partial charge in [0.15, 0.2) is 18.9 Å². The van der Waals surface area contributed by atoms with Gasteiger partial charge in [-0.3, -0.25) is 52.8 Å². The first-order chi connectivity index (χ1) is 66.5. The second kappa shape index (κ2) is 62.8. The molecule has 780 valence electrons. The van der Waals surface area contributed by atoms with E-state index in [1.807, 2.05) is 74.1 Å². The second-order valence-electron chi connectivity index (χ2n) is 32.3. The van der Waals surface area contributed by atoms with Gasteiger partial charge in [0.2, 0.25) is 58.5 Å². The van der Waals surface area contributed by atoms with Crippen LogP contribution in [0.5, 0.6) is 0 Å². The van der Waals surface area contributed by atoms with Crippen LogP contribution in [-0.2, 0) is 100.0 Å². The first kappa shape index (κ1) is 118. The van der Waals surface area contributed by atoms with Gasteiger partial charge in [0.05, 0.1) is 150 Å². The molecule has 4 aliphatic heterocycles. The lowest BCUT2D eigenvalue weighted by Gasteiger charge is -2.42. The first-order valence-electron chi connectivity index (χ1n) is 44.6. The number of aliphatic hydroxyl groups excluding tert-OH is 9. The van der Waals surface area contributed by atoms with Crippen molar-refractivity contribution in [2.24, 2.45) is 17.2 Å². The number of hydrogen-bond donors (Lipinski definition) is 20. The van der Waals surface area contributed by atoms with Crippen LogP contribution in [0, 0.1) is 0 Å². The number of fused-ring (bicyclic) bond motifs is 2. The van der Waals surface area contributed by atoms with E-state index >= 15 is 4.79 Å². The van der Waals surface area contributed by atoms with E-state index in [9.17, 15) is 99.0 Å². The molecule has 1 aliphatic carbocycles. The smallest absolute Gasteiger partial charge is 0.336 e. The molecule has 19 atom stereocenters. The number of rotatable bonds is 66. The van der Waals surface area contributed by atoms with Crippen molar-refractivity contribution in [1.82, 2.24) is 46.7 Å². The Morgan fingerprint density at radius 1 is 0.475 bits per heavy atom. The summed E-state index contributed by atoms with van der Waals surface area (Å²) in [7, 11) is 14.7. The molecule has 0 spiro atoms. The molecule has 10 amide bonds. The minimum Gasteiger partial charge on any atom is -0.478 e. The lowest BCUT2D eigenvalue weighted by molar-refractivity contribution is -0.272. The Hall–Kier alpha value is -7.68. The standard InChI is InChI=1S/C86H131N13O34S6/c1-47(103)91-69-75(111)72(108)63(41-100)131-84(69)127-27-24-121-18-21-124-30-33-134-137-44-57(78(87)114)94-66(106)39-99(40-67(107)95-58(79(88)115)45-138-135-34-31-125-22-19-122-25-28-128-85-70(92-48(2)104)76(112)73(109)64(42-101)132-85)60(82(118)96-59(80(89)116)46-139-136-35-32-126-23-20-123-26-29-129-86-71(93-49(3)105)77(113)74(110)65(43-102)133-86)10-8-9-17-90-81(117)50-11-14-53(56(36-50)83(119)120)68-54-15-12-51(97(4)5)37-61(54)130-62-38-52(98(6)7)13-16-55(62)68/h11-16,36-38,57-60,63-65,69-77,84-86,100-102,108-113H,8-10,17-35,39-46H2,1-7H3,(H13-,87,88,89,90,91,92,93,94,95,96,103,104,105,106,107,114,115,116,117,118,119,120)/p+1. The van der Waals surface area contributed by atoms with E-state index in [0.29, 0.717) is 50.7 Å². The summed E-state index contributed by atoms with van der Waals surface area (Å²) in [6, 6.07) is 6.35. The molecule has 2 aromatic carbocycles. The average Bonchev–Trinajstić information content (AvgIpc) is 0.740. The van der Waals surface area contributed by atoms with Gasteiger partial charge in [-0.2, -0.15) is 0 Å². The molecule has 7 rings (SSSR count). The summed E-state index contributed by atoms with van der Waals surface area (Å²) in [4.78, 5) is 150. The van der Waals surface area contributed by atoms with E-state index in [0.717, 1.165) is 48.3 Å². The topological polar surface area (TPSA) is 686 Å². The van der Waals surface area contributed by atoms with Gasteiger partial charge >= 0.3 is 5.97 Å². The Morgan fingerprint density at radius 2 is 0.871 bits per heavy atom. The first-order valence-corrected chi connectivity index (χ1v) is 52.0.